The second kappa shape index (κ2) is 9.55. The number of aromatic nitrogens is 2. The zero-order chi connectivity index (χ0) is 25.3. The van der Waals surface area contributed by atoms with E-state index in [4.69, 9.17) is 9.47 Å². The highest BCUT2D eigenvalue weighted by atomic mass is 19.1. The number of fused-ring (bicyclic) bond motifs is 1. The van der Waals surface area contributed by atoms with Crippen LogP contribution in [0, 0.1) is 0 Å². The number of nitrogens with zero attached hydrogens (tertiary/aromatic N) is 4. The van der Waals surface area contributed by atoms with E-state index in [1.165, 1.54) is 17.9 Å². The number of carbonyl (C=O) groups excluding carboxylic acids is 3. The molecule has 11 heteroatoms. The maximum Gasteiger partial charge on any atom is 0.414 e. The van der Waals surface area contributed by atoms with Crippen LogP contribution in [-0.4, -0.2) is 62.3 Å². The van der Waals surface area contributed by atoms with E-state index in [0.717, 1.165) is 11.3 Å². The third-order valence-corrected chi connectivity index (χ3v) is 5.74. The minimum absolute atomic E-state index is 0.0153. The normalized spacial score (nSPS) is 20.0. The Balaban J connectivity index is 1.44. The first-order chi connectivity index (χ1) is 16.5. The van der Waals surface area contributed by atoms with E-state index in [-0.39, 0.29) is 37.9 Å². The molecule has 10 nitrogen and oxygen atoms in total. The number of esters is 1. The maximum atomic E-state index is 15.1. The lowest BCUT2D eigenvalue weighted by atomic mass is 10.2. The molecule has 3 aliphatic rings. The highest BCUT2D eigenvalue weighted by Crippen LogP contribution is 2.32. The first kappa shape index (κ1) is 24.5. The van der Waals surface area contributed by atoms with Crippen LogP contribution < -0.4 is 5.32 Å². The molecule has 1 unspecified atom stereocenters. The van der Waals surface area contributed by atoms with Crippen LogP contribution in [0.3, 0.4) is 0 Å². The minimum Gasteiger partial charge on any atom is -0.459 e. The molecule has 1 aromatic heterocycles. The summed E-state index contributed by atoms with van der Waals surface area (Å²) in [5, 5.41) is 6.94. The number of rotatable bonds is 6. The molecule has 1 N–H and O–H groups in total. The molecule has 0 bridgehead atoms. The molecule has 0 radical (unpaired) electrons. The summed E-state index contributed by atoms with van der Waals surface area (Å²) in [4.78, 5) is 39.1. The average molecular weight is 488 g/mol. The van der Waals surface area contributed by atoms with Crippen molar-refractivity contribution < 1.29 is 28.2 Å². The number of hydrogen-bond donors (Lipinski definition) is 1. The smallest absolute Gasteiger partial charge is 0.414 e. The highest BCUT2D eigenvalue weighted by molar-refractivity contribution is 5.74. The van der Waals surface area contributed by atoms with Crippen LogP contribution in [0.2, 0.25) is 0 Å². The van der Waals surface area contributed by atoms with Gasteiger partial charge in [0.15, 0.2) is 0 Å². The molecule has 1 fully saturated rings. The van der Waals surface area contributed by atoms with E-state index >= 15 is 4.39 Å². The van der Waals surface area contributed by atoms with Crippen LogP contribution in [0.15, 0.2) is 41.6 Å². The van der Waals surface area contributed by atoms with E-state index < -0.39 is 23.6 Å². The Morgan fingerprint density at radius 1 is 1.29 bits per heavy atom. The molecular weight excluding hydrogens is 457 g/mol. The van der Waals surface area contributed by atoms with Gasteiger partial charge in [-0.15, -0.1) is 0 Å². The highest BCUT2D eigenvalue weighted by Gasteiger charge is 2.34. The Morgan fingerprint density at radius 3 is 2.77 bits per heavy atom. The van der Waals surface area contributed by atoms with Gasteiger partial charge in [0, 0.05) is 31.1 Å². The number of allylic oxidation sites excluding steroid dienone is 4. The lowest BCUT2D eigenvalue weighted by Gasteiger charge is -2.21. The molecule has 188 valence electrons. The molecule has 0 saturated carbocycles. The van der Waals surface area contributed by atoms with Gasteiger partial charge in [0.1, 0.15) is 24.1 Å². The fraction of sp³-hybridized carbons (Fsp3) is 0.500. The lowest BCUT2D eigenvalue weighted by molar-refractivity contribution is -0.155. The van der Waals surface area contributed by atoms with Crippen molar-refractivity contribution in [2.45, 2.75) is 65.5 Å². The van der Waals surface area contributed by atoms with E-state index in [2.05, 4.69) is 10.4 Å². The van der Waals surface area contributed by atoms with Gasteiger partial charge in [-0.3, -0.25) is 19.2 Å². The fourth-order valence-corrected chi connectivity index (χ4v) is 4.21. The van der Waals surface area contributed by atoms with Gasteiger partial charge in [0.05, 0.1) is 37.2 Å². The number of cyclic esters (lactones) is 1. The molecule has 1 aromatic rings. The van der Waals surface area contributed by atoms with Gasteiger partial charge in [0.2, 0.25) is 5.91 Å². The summed E-state index contributed by atoms with van der Waals surface area (Å²) in [5.74, 6) is -0.981. The number of halogens is 1. The van der Waals surface area contributed by atoms with Gasteiger partial charge in [0.25, 0.3) is 0 Å². The SMILES string of the molecule is CC(=O)NCC1CN(C2=CC=C(N3Cc4cnn(CC(=O)OC(C)(C)C)c4C3)C(F)=CC2)C(=O)O1. The lowest BCUT2D eigenvalue weighted by Crippen LogP contribution is -2.33. The molecule has 2 aliphatic heterocycles. The second-order valence-corrected chi connectivity index (χ2v) is 9.74. The zero-order valence-corrected chi connectivity index (χ0v) is 20.3. The van der Waals surface area contributed by atoms with Gasteiger partial charge in [-0.2, -0.15) is 5.10 Å². The Labute approximate surface area is 203 Å². The largest absolute Gasteiger partial charge is 0.459 e. The quantitative estimate of drug-likeness (QED) is 0.615. The van der Waals surface area contributed by atoms with E-state index in [9.17, 15) is 14.4 Å². The van der Waals surface area contributed by atoms with Crippen LogP contribution in [0.4, 0.5) is 9.18 Å². The van der Waals surface area contributed by atoms with E-state index in [1.807, 2.05) is 4.90 Å². The topological polar surface area (TPSA) is 106 Å². The minimum atomic E-state index is -0.589. The predicted molar refractivity (Wildman–Crippen MR) is 123 cm³/mol. The summed E-state index contributed by atoms with van der Waals surface area (Å²) in [6, 6.07) is 0. The van der Waals surface area contributed by atoms with Crippen LogP contribution in [0.1, 0.15) is 45.4 Å². The van der Waals surface area contributed by atoms with Crippen molar-refractivity contribution in [2.75, 3.05) is 13.1 Å². The van der Waals surface area contributed by atoms with Gasteiger partial charge < -0.3 is 19.7 Å². The third-order valence-electron chi connectivity index (χ3n) is 5.74. The Bertz CT molecular complexity index is 1130. The van der Waals surface area contributed by atoms with E-state index in [0.29, 0.717) is 24.5 Å². The monoisotopic (exact) mass is 487 g/mol. The molecule has 2 amide bonds. The number of carbonyl (C=O) groups is 3. The van der Waals surface area contributed by atoms with Crippen LogP contribution >= 0.6 is 0 Å². The molecule has 0 spiro atoms. The Kier molecular flexibility index (Phi) is 6.68. The van der Waals surface area contributed by atoms with Gasteiger partial charge in [-0.05, 0) is 39.0 Å². The molecule has 35 heavy (non-hydrogen) atoms. The zero-order valence-electron chi connectivity index (χ0n) is 20.3. The van der Waals surface area contributed by atoms with Crippen molar-refractivity contribution in [1.29, 1.82) is 0 Å². The molecule has 0 aromatic carbocycles. The van der Waals surface area contributed by atoms with Crippen LogP contribution in [0.25, 0.3) is 0 Å². The summed E-state index contributed by atoms with van der Waals surface area (Å²) < 4.78 is 27.4. The van der Waals surface area contributed by atoms with Crippen molar-refractivity contribution >= 4 is 18.0 Å². The van der Waals surface area contributed by atoms with Crippen molar-refractivity contribution in [2.24, 2.45) is 0 Å². The first-order valence-electron chi connectivity index (χ1n) is 11.5. The van der Waals surface area contributed by atoms with Crippen molar-refractivity contribution in [3.63, 3.8) is 0 Å². The number of ether oxygens (including phenoxy) is 2. The van der Waals surface area contributed by atoms with Crippen LogP contribution in [0.5, 0.6) is 0 Å². The molecule has 1 aliphatic carbocycles. The standard InChI is InChI=1S/C24H30FN5O5/c1-15(31)26-10-18-12-29(23(33)34-18)17-5-7-19(25)20(8-6-17)28-11-16-9-27-30(21(16)13-28)14-22(32)35-24(2,3)4/h6-9,18H,5,10-14H2,1-4H3,(H,26,31). The molecule has 3 heterocycles. The van der Waals surface area contributed by atoms with Gasteiger partial charge in [-0.25, -0.2) is 9.18 Å². The Hall–Kier alpha value is -3.63. The average Bonchev–Trinajstić information content (AvgIpc) is 3.39. The molecule has 1 saturated heterocycles. The number of hydrogen-bond acceptors (Lipinski definition) is 7. The van der Waals surface area contributed by atoms with Crippen molar-refractivity contribution in [3.05, 3.63) is 52.9 Å². The molecule has 4 rings (SSSR count). The molecule has 1 atom stereocenters. The predicted octanol–water partition coefficient (Wildman–Crippen LogP) is 2.52. The Morgan fingerprint density at radius 2 is 2.06 bits per heavy atom. The van der Waals surface area contributed by atoms with Gasteiger partial charge in [-0.1, -0.05) is 0 Å². The number of nitrogens with one attached hydrogen (secondary N) is 1. The van der Waals surface area contributed by atoms with Crippen molar-refractivity contribution in [1.82, 2.24) is 24.9 Å². The summed E-state index contributed by atoms with van der Waals surface area (Å²) in [7, 11) is 0. The maximum absolute atomic E-state index is 15.1. The van der Waals surface area contributed by atoms with E-state index in [1.54, 1.807) is 43.8 Å². The fourth-order valence-electron chi connectivity index (χ4n) is 4.21. The molecular formula is C24H30FN5O5. The van der Waals surface area contributed by atoms with Crippen molar-refractivity contribution in [3.8, 4) is 0 Å². The second-order valence-electron chi connectivity index (χ2n) is 9.74. The first-order valence-corrected chi connectivity index (χ1v) is 11.5. The summed E-state index contributed by atoms with van der Waals surface area (Å²) in [5.41, 5.74) is 2.16. The number of amides is 2. The third kappa shape index (κ3) is 5.72. The van der Waals surface area contributed by atoms with Gasteiger partial charge >= 0.3 is 12.1 Å². The summed E-state index contributed by atoms with van der Waals surface area (Å²) in [6.07, 6.45) is 5.74. The van der Waals surface area contributed by atoms with Crippen LogP contribution in [-0.2, 0) is 38.7 Å². The summed E-state index contributed by atoms with van der Waals surface area (Å²) in [6.45, 7) is 8.14. The summed E-state index contributed by atoms with van der Waals surface area (Å²) >= 11 is 0.